The van der Waals surface area contributed by atoms with Crippen LogP contribution < -0.4 is 10.6 Å². The molecular formula is C11H16ClN3O2S2. The van der Waals surface area contributed by atoms with Gasteiger partial charge in [-0.3, -0.25) is 0 Å². The molecule has 0 saturated carbocycles. The second kappa shape index (κ2) is 5.76. The molecule has 8 heteroatoms. The number of aromatic nitrogens is 1. The average Bonchev–Trinajstić information content (AvgIpc) is 2.39. The summed E-state index contributed by atoms with van der Waals surface area (Å²) in [5.41, 5.74) is 6.32. The Kier molecular flexibility index (Phi) is 4.47. The third-order valence-electron chi connectivity index (χ3n) is 3.04. The standard InChI is InChI=1S/C11H16ClN3O2S2/c1-2-19(16,17)10-7-18-4-3-15(10)11-9(13)5-8(12)6-14-11/h5-6,10H,2-4,7,13H2,1H3. The number of hydrogen-bond donors (Lipinski definition) is 1. The van der Waals surface area contributed by atoms with Crippen molar-refractivity contribution in [1.82, 2.24) is 4.98 Å². The summed E-state index contributed by atoms with van der Waals surface area (Å²) in [5.74, 6) is 2.02. The van der Waals surface area contributed by atoms with E-state index in [0.717, 1.165) is 5.75 Å². The molecule has 0 spiro atoms. The Balaban J connectivity index is 2.40. The van der Waals surface area contributed by atoms with Gasteiger partial charge in [-0.25, -0.2) is 13.4 Å². The third kappa shape index (κ3) is 3.09. The quantitative estimate of drug-likeness (QED) is 0.912. The molecule has 0 amide bonds. The monoisotopic (exact) mass is 321 g/mol. The van der Waals surface area contributed by atoms with Crippen LogP contribution >= 0.6 is 23.4 Å². The van der Waals surface area contributed by atoms with E-state index in [1.807, 2.05) is 0 Å². The molecule has 1 saturated heterocycles. The number of anilines is 2. The summed E-state index contributed by atoms with van der Waals surface area (Å²) in [5, 5.41) is -0.116. The van der Waals surface area contributed by atoms with E-state index in [9.17, 15) is 8.42 Å². The van der Waals surface area contributed by atoms with Gasteiger partial charge in [0.05, 0.1) is 10.7 Å². The third-order valence-corrected chi connectivity index (χ3v) is 6.53. The molecule has 1 aliphatic heterocycles. The van der Waals surface area contributed by atoms with E-state index in [1.54, 1.807) is 29.7 Å². The van der Waals surface area contributed by atoms with Crippen molar-refractivity contribution in [1.29, 1.82) is 0 Å². The van der Waals surface area contributed by atoms with Gasteiger partial charge in [0.2, 0.25) is 0 Å². The van der Waals surface area contributed by atoms with Gasteiger partial charge in [0, 0.05) is 30.0 Å². The lowest BCUT2D eigenvalue weighted by Gasteiger charge is -2.36. The van der Waals surface area contributed by atoms with Crippen molar-refractivity contribution in [3.05, 3.63) is 17.3 Å². The maximum Gasteiger partial charge on any atom is 0.171 e. The van der Waals surface area contributed by atoms with Gasteiger partial charge >= 0.3 is 0 Å². The predicted molar refractivity (Wildman–Crippen MR) is 81.6 cm³/mol. The second-order valence-corrected chi connectivity index (χ2v) is 8.27. The van der Waals surface area contributed by atoms with Gasteiger partial charge in [0.15, 0.2) is 15.7 Å². The molecule has 19 heavy (non-hydrogen) atoms. The SMILES string of the molecule is CCS(=O)(=O)C1CSCCN1c1ncc(Cl)cc1N. The first-order valence-electron chi connectivity index (χ1n) is 5.92. The van der Waals surface area contributed by atoms with Crippen molar-refractivity contribution in [2.45, 2.75) is 12.3 Å². The number of nitrogen functional groups attached to an aromatic ring is 1. The largest absolute Gasteiger partial charge is 0.396 e. The van der Waals surface area contributed by atoms with Crippen LogP contribution in [0.25, 0.3) is 0 Å². The first-order chi connectivity index (χ1) is 8.95. The van der Waals surface area contributed by atoms with Gasteiger partial charge in [-0.15, -0.1) is 0 Å². The number of rotatable bonds is 3. The zero-order valence-corrected chi connectivity index (χ0v) is 12.9. The predicted octanol–water partition coefficient (Wildman–Crippen LogP) is 1.63. The molecule has 1 atom stereocenters. The number of hydrogen-bond acceptors (Lipinski definition) is 6. The lowest BCUT2D eigenvalue weighted by Crippen LogP contribution is -2.48. The van der Waals surface area contributed by atoms with Crippen molar-refractivity contribution < 1.29 is 8.42 Å². The first-order valence-corrected chi connectivity index (χ1v) is 9.17. The van der Waals surface area contributed by atoms with Gasteiger partial charge in [-0.2, -0.15) is 11.8 Å². The lowest BCUT2D eigenvalue weighted by atomic mass is 10.3. The number of pyridine rings is 1. The zero-order valence-electron chi connectivity index (χ0n) is 10.5. The van der Waals surface area contributed by atoms with Crippen LogP contribution in [-0.2, 0) is 9.84 Å². The summed E-state index contributed by atoms with van der Waals surface area (Å²) in [6.45, 7) is 2.28. The van der Waals surface area contributed by atoms with Crippen LogP contribution in [0, 0.1) is 0 Å². The maximum absolute atomic E-state index is 12.2. The van der Waals surface area contributed by atoms with Crippen molar-refractivity contribution >= 4 is 44.7 Å². The van der Waals surface area contributed by atoms with Crippen molar-refractivity contribution in [3.8, 4) is 0 Å². The molecule has 1 aromatic heterocycles. The molecule has 2 rings (SSSR count). The molecule has 106 valence electrons. The van der Waals surface area contributed by atoms with Crippen molar-refractivity contribution in [2.24, 2.45) is 0 Å². The van der Waals surface area contributed by atoms with Crippen LogP contribution in [0.1, 0.15) is 6.92 Å². The molecule has 0 bridgehead atoms. The summed E-state index contributed by atoms with van der Waals surface area (Å²) in [6, 6.07) is 1.60. The van der Waals surface area contributed by atoms with Crippen LogP contribution in [0.4, 0.5) is 11.5 Å². The Morgan fingerprint density at radius 1 is 1.63 bits per heavy atom. The van der Waals surface area contributed by atoms with Gasteiger partial charge in [0.25, 0.3) is 0 Å². The second-order valence-electron chi connectivity index (χ2n) is 4.24. The number of nitrogens with zero attached hydrogens (tertiary/aromatic N) is 2. The maximum atomic E-state index is 12.2. The minimum absolute atomic E-state index is 0.113. The van der Waals surface area contributed by atoms with E-state index >= 15 is 0 Å². The Morgan fingerprint density at radius 2 is 2.37 bits per heavy atom. The summed E-state index contributed by atoms with van der Waals surface area (Å²) in [6.07, 6.45) is 1.49. The highest BCUT2D eigenvalue weighted by Crippen LogP contribution is 2.30. The fourth-order valence-corrected chi connectivity index (χ4v) is 5.14. The molecule has 0 radical (unpaired) electrons. The highest BCUT2D eigenvalue weighted by Gasteiger charge is 2.34. The average molecular weight is 322 g/mol. The molecule has 5 nitrogen and oxygen atoms in total. The number of halogens is 1. The topological polar surface area (TPSA) is 76.3 Å². The van der Waals surface area contributed by atoms with Crippen LogP contribution in [0.2, 0.25) is 5.02 Å². The summed E-state index contributed by atoms with van der Waals surface area (Å²) in [4.78, 5) is 5.97. The molecule has 0 aliphatic carbocycles. The Bertz CT molecular complexity index is 565. The van der Waals surface area contributed by atoms with E-state index in [-0.39, 0.29) is 5.75 Å². The number of sulfone groups is 1. The van der Waals surface area contributed by atoms with E-state index in [0.29, 0.717) is 28.8 Å². The van der Waals surface area contributed by atoms with Gasteiger partial charge in [-0.1, -0.05) is 18.5 Å². The van der Waals surface area contributed by atoms with Crippen LogP contribution in [0.5, 0.6) is 0 Å². The molecule has 1 aliphatic rings. The normalized spacial score (nSPS) is 20.5. The summed E-state index contributed by atoms with van der Waals surface area (Å²) >= 11 is 7.46. The van der Waals surface area contributed by atoms with Crippen LogP contribution in [0.3, 0.4) is 0 Å². The Morgan fingerprint density at radius 3 is 3.00 bits per heavy atom. The van der Waals surface area contributed by atoms with E-state index in [1.165, 1.54) is 6.20 Å². The zero-order chi connectivity index (χ0) is 14.0. The highest BCUT2D eigenvalue weighted by molar-refractivity contribution is 8.01. The number of nitrogens with two attached hydrogens (primary N) is 1. The fourth-order valence-electron chi connectivity index (χ4n) is 2.00. The molecule has 2 heterocycles. The summed E-state index contributed by atoms with van der Waals surface area (Å²) in [7, 11) is -3.17. The first kappa shape index (κ1) is 14.7. The fraction of sp³-hybridized carbons (Fsp3) is 0.545. The molecule has 2 N–H and O–H groups in total. The van der Waals surface area contributed by atoms with E-state index < -0.39 is 15.2 Å². The van der Waals surface area contributed by atoms with Crippen LogP contribution in [-0.4, -0.2) is 42.6 Å². The van der Waals surface area contributed by atoms with Crippen molar-refractivity contribution in [3.63, 3.8) is 0 Å². The Labute approximate surface area is 122 Å². The molecule has 1 fully saturated rings. The van der Waals surface area contributed by atoms with Crippen molar-refractivity contribution in [2.75, 3.05) is 34.4 Å². The van der Waals surface area contributed by atoms with Gasteiger partial charge < -0.3 is 10.6 Å². The Hall–Kier alpha value is -0.660. The molecular weight excluding hydrogens is 306 g/mol. The molecule has 0 aromatic carbocycles. The lowest BCUT2D eigenvalue weighted by molar-refractivity contribution is 0.579. The smallest absolute Gasteiger partial charge is 0.171 e. The van der Waals surface area contributed by atoms with E-state index in [4.69, 9.17) is 17.3 Å². The molecule has 1 unspecified atom stereocenters. The minimum atomic E-state index is -3.17. The van der Waals surface area contributed by atoms with E-state index in [2.05, 4.69) is 4.98 Å². The van der Waals surface area contributed by atoms with Gasteiger partial charge in [0.1, 0.15) is 5.37 Å². The highest BCUT2D eigenvalue weighted by atomic mass is 35.5. The van der Waals surface area contributed by atoms with Gasteiger partial charge in [-0.05, 0) is 6.07 Å². The summed E-state index contributed by atoms with van der Waals surface area (Å²) < 4.78 is 24.3. The van der Waals surface area contributed by atoms with Crippen LogP contribution in [0.15, 0.2) is 12.3 Å². The minimum Gasteiger partial charge on any atom is -0.396 e. The molecule has 1 aromatic rings. The number of thioether (sulfide) groups is 1.